The molecular weight excluding hydrogens is 414 g/mol. The smallest absolute Gasteiger partial charge is 0.267 e. The minimum atomic E-state index is -3.88. The number of carbonyl (C=O) groups excluding carboxylic acids is 1. The first-order chi connectivity index (χ1) is 15.0. The van der Waals surface area contributed by atoms with Gasteiger partial charge in [0.25, 0.3) is 15.9 Å². The molecule has 0 fully saturated rings. The van der Waals surface area contributed by atoms with Crippen LogP contribution in [0.4, 0.5) is 11.4 Å². The SMILES string of the molecule is N#CCc1ccc(NC(=O)[C@H]2CN(S(=O)(=O)c3ccccc3)c3ccccc3O2)cc1. The van der Waals surface area contributed by atoms with E-state index in [-0.39, 0.29) is 17.9 Å². The van der Waals surface area contributed by atoms with Gasteiger partial charge in [-0.05, 0) is 42.0 Å². The number of anilines is 2. The van der Waals surface area contributed by atoms with Crippen molar-refractivity contribution in [2.45, 2.75) is 17.4 Å². The van der Waals surface area contributed by atoms with Crippen LogP contribution in [0.1, 0.15) is 5.56 Å². The molecule has 0 saturated carbocycles. The first-order valence-electron chi connectivity index (χ1n) is 9.59. The third kappa shape index (κ3) is 4.22. The summed E-state index contributed by atoms with van der Waals surface area (Å²) in [6.07, 6.45) is -0.754. The molecule has 3 aromatic carbocycles. The summed E-state index contributed by atoms with van der Waals surface area (Å²) in [6.45, 7) is -0.160. The molecule has 1 aliphatic heterocycles. The van der Waals surface area contributed by atoms with Crippen molar-refractivity contribution in [3.8, 4) is 11.8 Å². The van der Waals surface area contributed by atoms with Crippen LogP contribution in [0, 0.1) is 11.3 Å². The summed E-state index contributed by atoms with van der Waals surface area (Å²) in [5.41, 5.74) is 1.76. The largest absolute Gasteiger partial charge is 0.476 e. The summed E-state index contributed by atoms with van der Waals surface area (Å²) in [5.74, 6) is -0.145. The number of carbonyl (C=O) groups is 1. The summed E-state index contributed by atoms with van der Waals surface area (Å²) >= 11 is 0. The Hall–Kier alpha value is -3.83. The summed E-state index contributed by atoms with van der Waals surface area (Å²) < 4.78 is 33.6. The molecule has 0 bridgehead atoms. The van der Waals surface area contributed by atoms with Gasteiger partial charge in [-0.25, -0.2) is 8.42 Å². The number of hydrogen-bond acceptors (Lipinski definition) is 5. The van der Waals surface area contributed by atoms with Crippen molar-refractivity contribution in [1.82, 2.24) is 0 Å². The highest BCUT2D eigenvalue weighted by Gasteiger charge is 2.37. The molecule has 31 heavy (non-hydrogen) atoms. The van der Waals surface area contributed by atoms with Gasteiger partial charge >= 0.3 is 0 Å². The molecule has 1 aliphatic rings. The van der Waals surface area contributed by atoms with E-state index in [1.54, 1.807) is 66.7 Å². The Morgan fingerprint density at radius 3 is 2.42 bits per heavy atom. The normalized spacial score (nSPS) is 15.3. The van der Waals surface area contributed by atoms with Crippen molar-refractivity contribution in [3.63, 3.8) is 0 Å². The number of nitrogens with zero attached hydrogens (tertiary/aromatic N) is 2. The molecule has 0 radical (unpaired) electrons. The van der Waals surface area contributed by atoms with Gasteiger partial charge in [0.1, 0.15) is 5.75 Å². The third-order valence-electron chi connectivity index (χ3n) is 4.86. The van der Waals surface area contributed by atoms with E-state index in [4.69, 9.17) is 10.00 Å². The Kier molecular flexibility index (Phi) is 5.60. The third-order valence-corrected chi connectivity index (χ3v) is 6.66. The van der Waals surface area contributed by atoms with E-state index >= 15 is 0 Å². The monoisotopic (exact) mass is 433 g/mol. The predicted octanol–water partition coefficient (Wildman–Crippen LogP) is 3.35. The van der Waals surface area contributed by atoms with Gasteiger partial charge in [-0.15, -0.1) is 0 Å². The van der Waals surface area contributed by atoms with E-state index in [9.17, 15) is 13.2 Å². The van der Waals surface area contributed by atoms with Crippen LogP contribution in [0.3, 0.4) is 0 Å². The van der Waals surface area contributed by atoms with Crippen LogP contribution in [0.5, 0.6) is 5.75 Å². The van der Waals surface area contributed by atoms with Crippen LogP contribution in [-0.4, -0.2) is 27.0 Å². The number of fused-ring (bicyclic) bond motifs is 1. The fraction of sp³-hybridized carbons (Fsp3) is 0.130. The topological polar surface area (TPSA) is 99.5 Å². The molecule has 1 amide bonds. The molecule has 0 aliphatic carbocycles. The number of sulfonamides is 1. The molecule has 3 aromatic rings. The number of benzene rings is 3. The number of amides is 1. The summed E-state index contributed by atoms with van der Waals surface area (Å²) in [6, 6.07) is 23.8. The molecule has 0 aromatic heterocycles. The highest BCUT2D eigenvalue weighted by molar-refractivity contribution is 7.92. The van der Waals surface area contributed by atoms with Crippen molar-refractivity contribution in [2.24, 2.45) is 0 Å². The highest BCUT2D eigenvalue weighted by Crippen LogP contribution is 2.36. The maximum atomic E-state index is 13.3. The van der Waals surface area contributed by atoms with Crippen molar-refractivity contribution < 1.29 is 17.9 Å². The first-order valence-corrected chi connectivity index (χ1v) is 11.0. The van der Waals surface area contributed by atoms with Gasteiger partial charge in [-0.2, -0.15) is 5.26 Å². The zero-order valence-corrected chi connectivity index (χ0v) is 17.2. The number of nitrogens with one attached hydrogen (secondary N) is 1. The van der Waals surface area contributed by atoms with Crippen molar-refractivity contribution in [2.75, 3.05) is 16.2 Å². The number of hydrogen-bond donors (Lipinski definition) is 1. The van der Waals surface area contributed by atoms with E-state index in [0.29, 0.717) is 17.1 Å². The fourth-order valence-electron chi connectivity index (χ4n) is 3.31. The van der Waals surface area contributed by atoms with Gasteiger partial charge in [0.05, 0.1) is 29.6 Å². The van der Waals surface area contributed by atoms with E-state index in [1.807, 2.05) is 0 Å². The molecule has 1 atom stereocenters. The van der Waals surface area contributed by atoms with Crippen LogP contribution >= 0.6 is 0 Å². The molecule has 1 heterocycles. The van der Waals surface area contributed by atoms with Crippen LogP contribution < -0.4 is 14.4 Å². The summed E-state index contributed by atoms with van der Waals surface area (Å²) in [5, 5.41) is 11.5. The first kappa shape index (κ1) is 20.4. The highest BCUT2D eigenvalue weighted by atomic mass is 32.2. The van der Waals surface area contributed by atoms with Gasteiger partial charge in [0.2, 0.25) is 0 Å². The lowest BCUT2D eigenvalue weighted by Crippen LogP contribution is -2.48. The Bertz CT molecular complexity index is 1240. The second-order valence-corrected chi connectivity index (χ2v) is 8.81. The maximum Gasteiger partial charge on any atom is 0.267 e. The zero-order valence-electron chi connectivity index (χ0n) is 16.4. The number of ether oxygens (including phenoxy) is 1. The predicted molar refractivity (Wildman–Crippen MR) is 116 cm³/mol. The van der Waals surface area contributed by atoms with E-state index in [2.05, 4.69) is 11.4 Å². The summed E-state index contributed by atoms with van der Waals surface area (Å²) in [7, 11) is -3.88. The fourth-order valence-corrected chi connectivity index (χ4v) is 4.80. The second kappa shape index (κ2) is 8.50. The molecule has 0 spiro atoms. The minimum Gasteiger partial charge on any atom is -0.476 e. The Morgan fingerprint density at radius 2 is 1.71 bits per heavy atom. The average Bonchev–Trinajstić information content (AvgIpc) is 2.80. The Balaban J connectivity index is 1.61. The molecule has 7 nitrogen and oxygen atoms in total. The van der Waals surface area contributed by atoms with Crippen LogP contribution in [-0.2, 0) is 21.2 Å². The van der Waals surface area contributed by atoms with E-state index in [1.165, 1.54) is 16.4 Å². The molecule has 1 N–H and O–H groups in total. The second-order valence-electron chi connectivity index (χ2n) is 6.94. The van der Waals surface area contributed by atoms with Gasteiger partial charge in [0.15, 0.2) is 6.10 Å². The lowest BCUT2D eigenvalue weighted by atomic mass is 10.1. The molecule has 156 valence electrons. The Morgan fingerprint density at radius 1 is 1.03 bits per heavy atom. The molecule has 0 saturated heterocycles. The van der Waals surface area contributed by atoms with E-state index in [0.717, 1.165) is 5.56 Å². The van der Waals surface area contributed by atoms with Crippen LogP contribution in [0.15, 0.2) is 83.8 Å². The van der Waals surface area contributed by atoms with Crippen molar-refractivity contribution in [1.29, 1.82) is 5.26 Å². The number of para-hydroxylation sites is 2. The quantitative estimate of drug-likeness (QED) is 0.665. The summed E-state index contributed by atoms with van der Waals surface area (Å²) in [4.78, 5) is 13.0. The minimum absolute atomic E-state index is 0.138. The Labute approximate surface area is 180 Å². The lowest BCUT2D eigenvalue weighted by molar-refractivity contribution is -0.122. The molecule has 0 unspecified atom stereocenters. The van der Waals surface area contributed by atoms with E-state index < -0.39 is 22.0 Å². The van der Waals surface area contributed by atoms with Crippen molar-refractivity contribution in [3.05, 3.63) is 84.4 Å². The van der Waals surface area contributed by atoms with Gasteiger partial charge in [-0.1, -0.05) is 42.5 Å². The van der Waals surface area contributed by atoms with Gasteiger partial charge < -0.3 is 10.1 Å². The van der Waals surface area contributed by atoms with Gasteiger partial charge in [-0.3, -0.25) is 9.10 Å². The average molecular weight is 433 g/mol. The molecule has 4 rings (SSSR count). The standard InChI is InChI=1S/C23H19N3O4S/c24-15-14-17-10-12-18(13-11-17)25-23(27)22-16-26(20-8-4-5-9-21(20)30-22)31(28,29)19-6-2-1-3-7-19/h1-13,22H,14,16H2,(H,25,27)/t22-/m1/s1. The number of rotatable bonds is 5. The maximum absolute atomic E-state index is 13.3. The number of nitriles is 1. The van der Waals surface area contributed by atoms with Gasteiger partial charge in [0, 0.05) is 5.69 Å². The zero-order chi connectivity index (χ0) is 21.8. The lowest BCUT2D eigenvalue weighted by Gasteiger charge is -2.34. The van der Waals surface area contributed by atoms with Crippen LogP contribution in [0.2, 0.25) is 0 Å². The van der Waals surface area contributed by atoms with Crippen LogP contribution in [0.25, 0.3) is 0 Å². The molecule has 8 heteroatoms. The molecular formula is C23H19N3O4S. The van der Waals surface area contributed by atoms with Crippen molar-refractivity contribution >= 4 is 27.3 Å².